The zero-order valence-corrected chi connectivity index (χ0v) is 21.9. The number of rotatable bonds is 11. The summed E-state index contributed by atoms with van der Waals surface area (Å²) in [5, 5.41) is 11.6. The lowest BCUT2D eigenvalue weighted by Gasteiger charge is -2.28. The molecule has 1 aromatic heterocycles. The minimum Gasteiger partial charge on any atom is -0.464 e. The fourth-order valence-electron chi connectivity index (χ4n) is 4.27. The second kappa shape index (κ2) is 12.8. The minimum atomic E-state index is -0.585. The maximum Gasteiger partial charge on any atom is 0.270 e. The van der Waals surface area contributed by atoms with E-state index in [9.17, 15) is 28.9 Å². The number of amides is 2. The number of hydrogen-bond donors (Lipinski definition) is 0. The first-order valence-electron chi connectivity index (χ1n) is 12.8. The Morgan fingerprint density at radius 1 is 0.975 bits per heavy atom. The molecule has 206 valence electrons. The van der Waals surface area contributed by atoms with Gasteiger partial charge in [-0.15, -0.1) is 0 Å². The van der Waals surface area contributed by atoms with Gasteiger partial charge < -0.3 is 14.2 Å². The van der Waals surface area contributed by atoms with Crippen LogP contribution in [0.4, 0.5) is 10.1 Å². The normalized spacial score (nSPS) is 10.8. The van der Waals surface area contributed by atoms with Gasteiger partial charge in [0.15, 0.2) is 5.43 Å². The first-order chi connectivity index (χ1) is 19.3. The van der Waals surface area contributed by atoms with Gasteiger partial charge in [0, 0.05) is 30.8 Å². The fraction of sp³-hybridized carbons (Fsp3) is 0.233. The van der Waals surface area contributed by atoms with E-state index in [0.717, 1.165) is 6.42 Å². The van der Waals surface area contributed by atoms with Gasteiger partial charge in [-0.2, -0.15) is 0 Å². The predicted octanol–water partition coefficient (Wildman–Crippen LogP) is 5.31. The summed E-state index contributed by atoms with van der Waals surface area (Å²) in [6.07, 6.45) is 2.68. The van der Waals surface area contributed by atoms with Crippen molar-refractivity contribution in [3.63, 3.8) is 0 Å². The highest BCUT2D eigenvalue weighted by atomic mass is 19.1. The molecule has 4 aromatic rings. The number of carbonyl (C=O) groups excluding carboxylic acids is 2. The number of nitro benzene ring substituents is 1. The molecule has 2 amide bonds. The highest BCUT2D eigenvalue weighted by Gasteiger charge is 2.24. The summed E-state index contributed by atoms with van der Waals surface area (Å²) >= 11 is 0. The molecule has 3 aromatic carbocycles. The number of carbonyl (C=O) groups is 2. The fourth-order valence-corrected chi connectivity index (χ4v) is 4.27. The molecule has 0 fully saturated rings. The quantitative estimate of drug-likeness (QED) is 0.186. The average Bonchev–Trinajstić information content (AvgIpc) is 2.97. The number of para-hydroxylation sites is 1. The SMILES string of the molecule is CCCCN(CC(=O)N(Cc1ccc(F)cc1)Cc1coc2ccccc2c1=O)C(=O)c1cccc([N+](=O)[O-])c1. The van der Waals surface area contributed by atoms with E-state index in [2.05, 4.69) is 0 Å². The van der Waals surface area contributed by atoms with Crippen molar-refractivity contribution in [1.82, 2.24) is 9.80 Å². The number of halogens is 1. The maximum absolute atomic E-state index is 13.7. The van der Waals surface area contributed by atoms with E-state index in [0.29, 0.717) is 23.0 Å². The van der Waals surface area contributed by atoms with Crippen molar-refractivity contribution >= 4 is 28.5 Å². The molecule has 0 radical (unpaired) electrons. The molecule has 0 saturated heterocycles. The number of non-ortho nitro benzene ring substituents is 1. The number of fused-ring (bicyclic) bond motifs is 1. The molecule has 0 aliphatic rings. The maximum atomic E-state index is 13.7. The average molecular weight is 546 g/mol. The summed E-state index contributed by atoms with van der Waals surface area (Å²) in [5.41, 5.74) is 0.881. The summed E-state index contributed by atoms with van der Waals surface area (Å²) in [4.78, 5) is 53.6. The number of unbranched alkanes of at least 4 members (excludes halogenated alkanes) is 1. The number of hydrogen-bond acceptors (Lipinski definition) is 6. The lowest BCUT2D eigenvalue weighted by Crippen LogP contribution is -2.43. The van der Waals surface area contributed by atoms with Gasteiger partial charge in [-0.05, 0) is 42.3 Å². The highest BCUT2D eigenvalue weighted by molar-refractivity contribution is 5.97. The third-order valence-corrected chi connectivity index (χ3v) is 6.45. The Labute approximate surface area is 229 Å². The Morgan fingerprint density at radius 3 is 2.45 bits per heavy atom. The summed E-state index contributed by atoms with van der Waals surface area (Å²) < 4.78 is 19.2. The van der Waals surface area contributed by atoms with Gasteiger partial charge in [0.2, 0.25) is 5.91 Å². The van der Waals surface area contributed by atoms with Crippen molar-refractivity contribution in [3.05, 3.63) is 122 Å². The van der Waals surface area contributed by atoms with E-state index in [4.69, 9.17) is 4.42 Å². The van der Waals surface area contributed by atoms with Crippen LogP contribution in [0.3, 0.4) is 0 Å². The Kier molecular flexibility index (Phi) is 9.00. The zero-order valence-electron chi connectivity index (χ0n) is 21.9. The van der Waals surface area contributed by atoms with Gasteiger partial charge in [-0.3, -0.25) is 24.5 Å². The monoisotopic (exact) mass is 545 g/mol. The van der Waals surface area contributed by atoms with E-state index in [1.54, 1.807) is 36.4 Å². The van der Waals surface area contributed by atoms with Crippen LogP contribution in [0.15, 0.2) is 88.3 Å². The molecular formula is C30H28FN3O6. The standard InChI is InChI=1S/C30H28FN3O6/c1-2-3-15-32(30(37)22-7-6-8-25(16-22)34(38)39)19-28(35)33(17-21-11-13-24(31)14-12-21)18-23-20-40-27-10-5-4-9-26(27)29(23)36/h4-14,16,20H,2-3,15,17-19H2,1H3. The third kappa shape index (κ3) is 6.76. The molecule has 1 heterocycles. The molecule has 0 unspecified atom stereocenters. The molecule has 0 saturated carbocycles. The Bertz CT molecular complexity index is 1580. The molecule has 0 N–H and O–H groups in total. The van der Waals surface area contributed by atoms with Crippen molar-refractivity contribution in [2.24, 2.45) is 0 Å². The summed E-state index contributed by atoms with van der Waals surface area (Å²) in [7, 11) is 0. The minimum absolute atomic E-state index is 0.0536. The van der Waals surface area contributed by atoms with Crippen molar-refractivity contribution in [2.75, 3.05) is 13.1 Å². The van der Waals surface area contributed by atoms with Gasteiger partial charge in [0.1, 0.15) is 17.9 Å². The lowest BCUT2D eigenvalue weighted by atomic mass is 10.1. The number of nitro groups is 1. The lowest BCUT2D eigenvalue weighted by molar-refractivity contribution is -0.384. The topological polar surface area (TPSA) is 114 Å². The van der Waals surface area contributed by atoms with E-state index in [1.165, 1.54) is 52.5 Å². The molecular weight excluding hydrogens is 517 g/mol. The van der Waals surface area contributed by atoms with Gasteiger partial charge in [-0.1, -0.05) is 43.7 Å². The molecule has 40 heavy (non-hydrogen) atoms. The summed E-state index contributed by atoms with van der Waals surface area (Å²) in [5.74, 6) is -1.39. The van der Waals surface area contributed by atoms with E-state index in [1.807, 2.05) is 6.92 Å². The van der Waals surface area contributed by atoms with Crippen LogP contribution in [0, 0.1) is 15.9 Å². The van der Waals surface area contributed by atoms with E-state index < -0.39 is 22.6 Å². The molecule has 0 aliphatic carbocycles. The van der Waals surface area contributed by atoms with E-state index in [-0.39, 0.29) is 48.4 Å². The van der Waals surface area contributed by atoms with Gasteiger partial charge >= 0.3 is 0 Å². The first-order valence-corrected chi connectivity index (χ1v) is 12.8. The van der Waals surface area contributed by atoms with Gasteiger partial charge in [0.05, 0.1) is 28.7 Å². The summed E-state index contributed by atoms with van der Waals surface area (Å²) in [6.45, 7) is 1.83. The number of nitrogens with zero attached hydrogens (tertiary/aromatic N) is 3. The second-order valence-electron chi connectivity index (χ2n) is 9.35. The molecule has 0 atom stereocenters. The van der Waals surface area contributed by atoms with Crippen LogP contribution >= 0.6 is 0 Å². The molecule has 9 nitrogen and oxygen atoms in total. The molecule has 0 spiro atoms. The molecule has 0 bridgehead atoms. The third-order valence-electron chi connectivity index (χ3n) is 6.45. The van der Waals surface area contributed by atoms with Crippen molar-refractivity contribution in [1.29, 1.82) is 0 Å². The van der Waals surface area contributed by atoms with Crippen molar-refractivity contribution in [3.8, 4) is 0 Å². The van der Waals surface area contributed by atoms with Crippen LogP contribution in [0.25, 0.3) is 11.0 Å². The highest BCUT2D eigenvalue weighted by Crippen LogP contribution is 2.18. The smallest absolute Gasteiger partial charge is 0.270 e. The van der Waals surface area contributed by atoms with Crippen LogP contribution in [-0.2, 0) is 17.9 Å². The van der Waals surface area contributed by atoms with Crippen LogP contribution in [0.1, 0.15) is 41.3 Å². The molecule has 0 aliphatic heterocycles. The summed E-state index contributed by atoms with van der Waals surface area (Å²) in [6, 6.07) is 17.8. The van der Waals surface area contributed by atoms with Crippen LogP contribution in [0.5, 0.6) is 0 Å². The Balaban J connectivity index is 1.64. The molecule has 10 heteroatoms. The Morgan fingerprint density at radius 2 is 1.73 bits per heavy atom. The van der Waals surface area contributed by atoms with Crippen molar-refractivity contribution < 1.29 is 23.3 Å². The van der Waals surface area contributed by atoms with Crippen LogP contribution in [0.2, 0.25) is 0 Å². The zero-order chi connectivity index (χ0) is 28.6. The van der Waals surface area contributed by atoms with Crippen molar-refractivity contribution in [2.45, 2.75) is 32.9 Å². The largest absolute Gasteiger partial charge is 0.464 e. The second-order valence-corrected chi connectivity index (χ2v) is 9.35. The predicted molar refractivity (Wildman–Crippen MR) is 147 cm³/mol. The van der Waals surface area contributed by atoms with Gasteiger partial charge in [-0.25, -0.2) is 4.39 Å². The number of benzene rings is 3. The van der Waals surface area contributed by atoms with Crippen LogP contribution in [-0.4, -0.2) is 39.6 Å². The Hall–Kier alpha value is -4.86. The van der Waals surface area contributed by atoms with Crippen LogP contribution < -0.4 is 5.43 Å². The first kappa shape index (κ1) is 28.2. The van der Waals surface area contributed by atoms with E-state index >= 15 is 0 Å². The molecule has 4 rings (SSSR count). The van der Waals surface area contributed by atoms with Gasteiger partial charge in [0.25, 0.3) is 11.6 Å².